The lowest BCUT2D eigenvalue weighted by atomic mass is 10.3. The standard InChI is InChI=1S/C10H13NOS2/c1-11-4-3-8(7-9(11)12)10-13-5-2-6-14-10/h3-4,7,10H,2,5-6H2,1H3. The summed E-state index contributed by atoms with van der Waals surface area (Å²) < 4.78 is 2.08. The van der Waals surface area contributed by atoms with Crippen LogP contribution in [0.25, 0.3) is 0 Å². The minimum Gasteiger partial charge on any atom is -0.319 e. The predicted octanol–water partition coefficient (Wildman–Crippen LogP) is 2.25. The Morgan fingerprint density at radius 2 is 2.14 bits per heavy atom. The van der Waals surface area contributed by atoms with Crippen molar-refractivity contribution in [1.82, 2.24) is 4.57 Å². The van der Waals surface area contributed by atoms with Crippen molar-refractivity contribution in [3.8, 4) is 0 Å². The summed E-state index contributed by atoms with van der Waals surface area (Å²) in [4.78, 5) is 11.4. The third kappa shape index (κ3) is 2.17. The topological polar surface area (TPSA) is 22.0 Å². The molecule has 1 fully saturated rings. The van der Waals surface area contributed by atoms with Crippen LogP contribution in [0.15, 0.2) is 23.1 Å². The number of hydrogen-bond donors (Lipinski definition) is 0. The maximum Gasteiger partial charge on any atom is 0.250 e. The molecule has 0 amide bonds. The Morgan fingerprint density at radius 1 is 1.43 bits per heavy atom. The van der Waals surface area contributed by atoms with Gasteiger partial charge in [-0.1, -0.05) is 0 Å². The summed E-state index contributed by atoms with van der Waals surface area (Å²) in [5.74, 6) is 2.43. The third-order valence-electron chi connectivity index (χ3n) is 2.23. The molecule has 0 saturated carbocycles. The van der Waals surface area contributed by atoms with Gasteiger partial charge in [-0.3, -0.25) is 4.79 Å². The van der Waals surface area contributed by atoms with Gasteiger partial charge in [-0.15, -0.1) is 23.5 Å². The van der Waals surface area contributed by atoms with E-state index >= 15 is 0 Å². The lowest BCUT2D eigenvalue weighted by Gasteiger charge is -2.20. The molecule has 1 saturated heterocycles. The Morgan fingerprint density at radius 3 is 2.79 bits per heavy atom. The smallest absolute Gasteiger partial charge is 0.250 e. The molecular formula is C10H13NOS2. The second-order valence-electron chi connectivity index (χ2n) is 3.34. The van der Waals surface area contributed by atoms with Gasteiger partial charge in [-0.2, -0.15) is 0 Å². The summed E-state index contributed by atoms with van der Waals surface area (Å²) in [5.41, 5.74) is 1.26. The number of rotatable bonds is 1. The molecule has 0 aromatic carbocycles. The van der Waals surface area contributed by atoms with E-state index in [1.54, 1.807) is 17.7 Å². The van der Waals surface area contributed by atoms with Gasteiger partial charge in [0, 0.05) is 19.3 Å². The van der Waals surface area contributed by atoms with Gasteiger partial charge in [0.25, 0.3) is 5.56 Å². The zero-order valence-corrected chi connectivity index (χ0v) is 9.74. The monoisotopic (exact) mass is 227 g/mol. The Kier molecular flexibility index (Phi) is 3.23. The van der Waals surface area contributed by atoms with Crippen LogP contribution in [-0.2, 0) is 7.05 Å². The summed E-state index contributed by atoms with van der Waals surface area (Å²) in [6.07, 6.45) is 3.14. The van der Waals surface area contributed by atoms with E-state index in [0.29, 0.717) is 4.58 Å². The number of aromatic nitrogens is 1. The van der Waals surface area contributed by atoms with Crippen LogP contribution in [0.1, 0.15) is 16.6 Å². The first-order chi connectivity index (χ1) is 6.77. The number of hydrogen-bond acceptors (Lipinski definition) is 3. The quantitative estimate of drug-likeness (QED) is 0.734. The van der Waals surface area contributed by atoms with E-state index in [1.807, 2.05) is 29.7 Å². The summed E-state index contributed by atoms with van der Waals surface area (Å²) in [6, 6.07) is 3.81. The van der Waals surface area contributed by atoms with Crippen LogP contribution in [0.4, 0.5) is 0 Å². The molecule has 0 unspecified atom stereocenters. The van der Waals surface area contributed by atoms with E-state index < -0.39 is 0 Å². The minimum atomic E-state index is 0.0919. The van der Waals surface area contributed by atoms with Crippen LogP contribution in [0.3, 0.4) is 0 Å². The average molecular weight is 227 g/mol. The first-order valence-corrected chi connectivity index (χ1v) is 6.77. The van der Waals surface area contributed by atoms with Gasteiger partial charge in [0.15, 0.2) is 0 Å². The van der Waals surface area contributed by atoms with Crippen molar-refractivity contribution in [2.75, 3.05) is 11.5 Å². The highest BCUT2D eigenvalue weighted by molar-refractivity contribution is 8.16. The number of thioether (sulfide) groups is 2. The van der Waals surface area contributed by atoms with Gasteiger partial charge in [0.1, 0.15) is 0 Å². The molecule has 76 valence electrons. The molecule has 1 aromatic heterocycles. The van der Waals surface area contributed by atoms with E-state index in [2.05, 4.69) is 6.07 Å². The first-order valence-electron chi connectivity index (χ1n) is 4.67. The van der Waals surface area contributed by atoms with Crippen LogP contribution >= 0.6 is 23.5 Å². The molecule has 1 aromatic rings. The SMILES string of the molecule is Cn1ccc(C2SCCCS2)cc1=O. The van der Waals surface area contributed by atoms with Gasteiger partial charge in [0.05, 0.1) is 4.58 Å². The largest absolute Gasteiger partial charge is 0.319 e. The zero-order valence-electron chi connectivity index (χ0n) is 8.10. The zero-order chi connectivity index (χ0) is 9.97. The van der Waals surface area contributed by atoms with Gasteiger partial charge in [-0.05, 0) is 29.6 Å². The molecule has 1 aliphatic rings. The van der Waals surface area contributed by atoms with Crippen molar-refractivity contribution in [2.45, 2.75) is 11.0 Å². The van der Waals surface area contributed by atoms with E-state index in [-0.39, 0.29) is 5.56 Å². The molecule has 0 aliphatic carbocycles. The van der Waals surface area contributed by atoms with Crippen LogP contribution in [0.5, 0.6) is 0 Å². The summed E-state index contributed by atoms with van der Waals surface area (Å²) in [7, 11) is 1.78. The van der Waals surface area contributed by atoms with E-state index in [1.165, 1.54) is 23.5 Å². The molecule has 0 bridgehead atoms. The Bertz CT molecular complexity index is 369. The maximum atomic E-state index is 11.4. The summed E-state index contributed by atoms with van der Waals surface area (Å²) in [5, 5.41) is 0. The Hall–Kier alpha value is -0.350. The van der Waals surface area contributed by atoms with Crippen molar-refractivity contribution < 1.29 is 0 Å². The predicted molar refractivity (Wildman–Crippen MR) is 64.0 cm³/mol. The van der Waals surface area contributed by atoms with Gasteiger partial charge in [0.2, 0.25) is 0 Å². The highest BCUT2D eigenvalue weighted by Gasteiger charge is 2.16. The van der Waals surface area contributed by atoms with E-state index in [9.17, 15) is 4.79 Å². The molecule has 4 heteroatoms. The minimum absolute atomic E-state index is 0.0919. The van der Waals surface area contributed by atoms with Crippen molar-refractivity contribution >= 4 is 23.5 Å². The number of nitrogens with zero attached hydrogens (tertiary/aromatic N) is 1. The fourth-order valence-electron chi connectivity index (χ4n) is 1.39. The lowest BCUT2D eigenvalue weighted by molar-refractivity contribution is 0.854. The molecule has 14 heavy (non-hydrogen) atoms. The average Bonchev–Trinajstić information content (AvgIpc) is 2.23. The second-order valence-corrected chi connectivity index (χ2v) is 6.06. The fourth-order valence-corrected chi connectivity index (χ4v) is 4.26. The molecule has 1 aliphatic heterocycles. The van der Waals surface area contributed by atoms with Crippen molar-refractivity contribution in [1.29, 1.82) is 0 Å². The molecule has 2 rings (SSSR count). The summed E-state index contributed by atoms with van der Waals surface area (Å²) >= 11 is 3.89. The summed E-state index contributed by atoms with van der Waals surface area (Å²) in [6.45, 7) is 0. The van der Waals surface area contributed by atoms with Crippen molar-refractivity contribution in [2.24, 2.45) is 7.05 Å². The molecule has 2 nitrogen and oxygen atoms in total. The molecule has 0 N–H and O–H groups in total. The maximum absolute atomic E-state index is 11.4. The Balaban J connectivity index is 2.23. The lowest BCUT2D eigenvalue weighted by Crippen LogP contribution is -2.16. The molecule has 2 heterocycles. The molecule has 0 atom stereocenters. The first kappa shape index (κ1) is 10.2. The highest BCUT2D eigenvalue weighted by Crippen LogP contribution is 2.42. The molecular weight excluding hydrogens is 214 g/mol. The van der Waals surface area contributed by atoms with Crippen LogP contribution in [0, 0.1) is 0 Å². The number of pyridine rings is 1. The van der Waals surface area contributed by atoms with Crippen LogP contribution in [0.2, 0.25) is 0 Å². The van der Waals surface area contributed by atoms with Crippen LogP contribution < -0.4 is 5.56 Å². The molecule has 0 spiro atoms. The van der Waals surface area contributed by atoms with Crippen molar-refractivity contribution in [3.63, 3.8) is 0 Å². The number of aryl methyl sites for hydroxylation is 1. The van der Waals surface area contributed by atoms with Gasteiger partial charge >= 0.3 is 0 Å². The van der Waals surface area contributed by atoms with Gasteiger partial charge < -0.3 is 4.57 Å². The molecule has 0 radical (unpaired) electrons. The van der Waals surface area contributed by atoms with Gasteiger partial charge in [-0.25, -0.2) is 0 Å². The highest BCUT2D eigenvalue weighted by atomic mass is 32.2. The normalized spacial score (nSPS) is 18.4. The van der Waals surface area contributed by atoms with E-state index in [4.69, 9.17) is 0 Å². The van der Waals surface area contributed by atoms with Crippen LogP contribution in [-0.4, -0.2) is 16.1 Å². The fraction of sp³-hybridized carbons (Fsp3) is 0.500. The van der Waals surface area contributed by atoms with Crippen molar-refractivity contribution in [3.05, 3.63) is 34.2 Å². The van der Waals surface area contributed by atoms with E-state index in [0.717, 1.165) is 0 Å². The Labute approximate surface area is 92.1 Å². The third-order valence-corrected chi connectivity index (χ3v) is 5.24. The second kappa shape index (κ2) is 4.45.